The van der Waals surface area contributed by atoms with Crippen molar-refractivity contribution in [3.05, 3.63) is 42.2 Å². The van der Waals surface area contributed by atoms with E-state index in [0.29, 0.717) is 24.5 Å². The van der Waals surface area contributed by atoms with Crippen molar-refractivity contribution in [2.75, 3.05) is 6.54 Å². The Labute approximate surface area is 137 Å². The van der Waals surface area contributed by atoms with Gasteiger partial charge in [0.1, 0.15) is 11.5 Å². The van der Waals surface area contributed by atoms with Gasteiger partial charge in [0.25, 0.3) is 0 Å². The number of carbonyl (C=O) groups excluding carboxylic acids is 2. The van der Waals surface area contributed by atoms with Crippen LogP contribution in [0.3, 0.4) is 0 Å². The molecule has 2 fully saturated rings. The van der Waals surface area contributed by atoms with E-state index in [1.807, 2.05) is 30.3 Å². The molecule has 122 valence electrons. The Morgan fingerprint density at radius 1 is 1.04 bits per heavy atom. The average molecular weight is 313 g/mol. The van der Waals surface area contributed by atoms with Crippen molar-refractivity contribution >= 4 is 11.8 Å². The zero-order valence-electron chi connectivity index (χ0n) is 13.4. The molecule has 1 heterocycles. The van der Waals surface area contributed by atoms with Gasteiger partial charge < -0.3 is 4.74 Å². The van der Waals surface area contributed by atoms with Crippen molar-refractivity contribution in [3.8, 4) is 5.75 Å². The van der Waals surface area contributed by atoms with Crippen molar-refractivity contribution in [3.63, 3.8) is 0 Å². The summed E-state index contributed by atoms with van der Waals surface area (Å²) in [5.74, 6) is 1.75. The third-order valence-electron chi connectivity index (χ3n) is 4.53. The molecule has 1 aliphatic heterocycles. The number of imide groups is 1. The fraction of sp³-hybridized carbons (Fsp3) is 0.474. The minimum Gasteiger partial charge on any atom is -0.460 e. The van der Waals surface area contributed by atoms with Crippen molar-refractivity contribution in [1.29, 1.82) is 0 Å². The van der Waals surface area contributed by atoms with Crippen molar-refractivity contribution < 1.29 is 14.3 Å². The maximum absolute atomic E-state index is 11.9. The second-order valence-electron chi connectivity index (χ2n) is 6.32. The van der Waals surface area contributed by atoms with Crippen LogP contribution in [0.2, 0.25) is 0 Å². The molecule has 2 amide bonds. The Hall–Kier alpha value is -2.10. The topological polar surface area (TPSA) is 46.6 Å². The molecule has 0 atom stereocenters. The number of ether oxygens (including phenoxy) is 1. The Kier molecular flexibility index (Phi) is 5.11. The number of benzene rings is 1. The van der Waals surface area contributed by atoms with Gasteiger partial charge in [-0.05, 0) is 37.0 Å². The smallest absolute Gasteiger partial charge is 0.230 e. The average Bonchev–Trinajstić information content (AvgIpc) is 2.89. The molecule has 0 spiro atoms. The predicted octanol–water partition coefficient (Wildman–Crippen LogP) is 3.68. The van der Waals surface area contributed by atoms with Crippen molar-refractivity contribution in [2.24, 2.45) is 5.92 Å². The number of hydrogen-bond acceptors (Lipinski definition) is 3. The summed E-state index contributed by atoms with van der Waals surface area (Å²) < 4.78 is 5.99. The number of carbonyl (C=O) groups is 2. The Morgan fingerprint density at radius 3 is 2.35 bits per heavy atom. The highest BCUT2D eigenvalue weighted by Crippen LogP contribution is 2.27. The van der Waals surface area contributed by atoms with E-state index in [1.54, 1.807) is 0 Å². The number of amides is 2. The number of rotatable bonds is 5. The Bertz CT molecular complexity index is 572. The van der Waals surface area contributed by atoms with E-state index in [2.05, 4.69) is 6.08 Å². The quantitative estimate of drug-likeness (QED) is 0.615. The van der Waals surface area contributed by atoms with Gasteiger partial charge in [-0.1, -0.05) is 37.5 Å². The standard InChI is InChI=1S/C19H23NO3/c21-18-11-12-19(22)20(18)14-17(13-15-7-3-1-4-8-15)23-16-9-5-2-6-10-16/h2,5-6,9-10,13,15H,1,3-4,7-8,11-12,14H2/b17-13-. The van der Waals surface area contributed by atoms with Crippen LogP contribution in [-0.2, 0) is 9.59 Å². The molecule has 1 aromatic carbocycles. The fourth-order valence-corrected chi connectivity index (χ4v) is 3.28. The highest BCUT2D eigenvalue weighted by Gasteiger charge is 2.30. The van der Waals surface area contributed by atoms with E-state index in [-0.39, 0.29) is 18.4 Å². The summed E-state index contributed by atoms with van der Waals surface area (Å²) in [5, 5.41) is 0. The first-order chi connectivity index (χ1) is 11.2. The highest BCUT2D eigenvalue weighted by molar-refractivity contribution is 6.02. The summed E-state index contributed by atoms with van der Waals surface area (Å²) in [7, 11) is 0. The molecule has 23 heavy (non-hydrogen) atoms. The minimum atomic E-state index is -0.0961. The Morgan fingerprint density at radius 2 is 1.70 bits per heavy atom. The van der Waals surface area contributed by atoms with E-state index in [9.17, 15) is 9.59 Å². The van der Waals surface area contributed by atoms with Gasteiger partial charge in [0, 0.05) is 12.8 Å². The van der Waals surface area contributed by atoms with Crippen LogP contribution in [0.5, 0.6) is 5.75 Å². The first kappa shape index (κ1) is 15.8. The molecule has 1 saturated carbocycles. The lowest BCUT2D eigenvalue weighted by molar-refractivity contribution is -0.138. The third kappa shape index (κ3) is 4.21. The van der Waals surface area contributed by atoms with E-state index < -0.39 is 0 Å². The van der Waals surface area contributed by atoms with Crippen LogP contribution in [0.4, 0.5) is 0 Å². The third-order valence-corrected chi connectivity index (χ3v) is 4.53. The molecule has 0 radical (unpaired) electrons. The summed E-state index contributed by atoms with van der Waals surface area (Å²) in [6.07, 6.45) is 8.85. The van der Waals surface area contributed by atoms with Gasteiger partial charge in [0.15, 0.2) is 0 Å². The van der Waals surface area contributed by atoms with Crippen LogP contribution in [-0.4, -0.2) is 23.3 Å². The molecule has 0 N–H and O–H groups in total. The monoisotopic (exact) mass is 313 g/mol. The molecular formula is C19H23NO3. The maximum Gasteiger partial charge on any atom is 0.230 e. The lowest BCUT2D eigenvalue weighted by Gasteiger charge is -2.22. The molecular weight excluding hydrogens is 290 g/mol. The van der Waals surface area contributed by atoms with E-state index >= 15 is 0 Å². The molecule has 4 heteroatoms. The number of likely N-dealkylation sites (tertiary alicyclic amines) is 1. The number of allylic oxidation sites excluding steroid dienone is 1. The molecule has 2 aliphatic rings. The Balaban J connectivity index is 1.76. The molecule has 0 aromatic heterocycles. The van der Waals surface area contributed by atoms with Crippen LogP contribution >= 0.6 is 0 Å². The van der Waals surface area contributed by atoms with E-state index in [4.69, 9.17) is 4.74 Å². The van der Waals surface area contributed by atoms with E-state index in [1.165, 1.54) is 24.2 Å². The summed E-state index contributed by atoms with van der Waals surface area (Å²) in [5.41, 5.74) is 0. The fourth-order valence-electron chi connectivity index (χ4n) is 3.28. The second kappa shape index (κ2) is 7.44. The maximum atomic E-state index is 11.9. The van der Waals surface area contributed by atoms with Gasteiger partial charge in [-0.25, -0.2) is 0 Å². The molecule has 1 saturated heterocycles. The first-order valence-electron chi connectivity index (χ1n) is 8.49. The minimum absolute atomic E-state index is 0.0961. The second-order valence-corrected chi connectivity index (χ2v) is 6.32. The van der Waals surface area contributed by atoms with Gasteiger partial charge in [-0.3, -0.25) is 14.5 Å². The van der Waals surface area contributed by atoms with Crippen LogP contribution in [0, 0.1) is 5.92 Å². The summed E-state index contributed by atoms with van der Waals surface area (Å²) in [6.45, 7) is 0.253. The van der Waals surface area contributed by atoms with Crippen molar-refractivity contribution in [2.45, 2.75) is 44.9 Å². The van der Waals surface area contributed by atoms with Crippen LogP contribution in [0.15, 0.2) is 42.2 Å². The summed E-state index contributed by atoms with van der Waals surface area (Å²) in [4.78, 5) is 25.1. The lowest BCUT2D eigenvalue weighted by atomic mass is 9.89. The molecule has 1 aliphatic carbocycles. The zero-order valence-corrected chi connectivity index (χ0v) is 13.4. The summed E-state index contributed by atoms with van der Waals surface area (Å²) >= 11 is 0. The van der Waals surface area contributed by atoms with Gasteiger partial charge in [0.05, 0.1) is 6.54 Å². The SMILES string of the molecule is O=C1CCC(=O)N1C/C(=C/C1CCCCC1)Oc1ccccc1. The molecule has 3 rings (SSSR count). The summed E-state index contributed by atoms with van der Waals surface area (Å²) in [6, 6.07) is 9.55. The largest absolute Gasteiger partial charge is 0.460 e. The predicted molar refractivity (Wildman–Crippen MR) is 87.7 cm³/mol. The van der Waals surface area contributed by atoms with Crippen LogP contribution in [0.25, 0.3) is 0 Å². The molecule has 0 unspecified atom stereocenters. The molecule has 0 bridgehead atoms. The van der Waals surface area contributed by atoms with Gasteiger partial charge in [-0.2, -0.15) is 0 Å². The highest BCUT2D eigenvalue weighted by atomic mass is 16.5. The van der Waals surface area contributed by atoms with Crippen LogP contribution < -0.4 is 4.74 Å². The van der Waals surface area contributed by atoms with Gasteiger partial charge in [0.2, 0.25) is 11.8 Å². The lowest BCUT2D eigenvalue weighted by Crippen LogP contribution is -2.32. The number of hydrogen-bond donors (Lipinski definition) is 0. The van der Waals surface area contributed by atoms with Crippen molar-refractivity contribution in [1.82, 2.24) is 4.90 Å². The first-order valence-corrected chi connectivity index (χ1v) is 8.49. The van der Waals surface area contributed by atoms with Gasteiger partial charge in [-0.15, -0.1) is 0 Å². The number of nitrogens with zero attached hydrogens (tertiary/aromatic N) is 1. The van der Waals surface area contributed by atoms with Crippen LogP contribution in [0.1, 0.15) is 44.9 Å². The molecule has 4 nitrogen and oxygen atoms in total. The van der Waals surface area contributed by atoms with E-state index in [0.717, 1.165) is 18.6 Å². The molecule has 1 aromatic rings. The van der Waals surface area contributed by atoms with Gasteiger partial charge >= 0.3 is 0 Å². The number of para-hydroxylation sites is 1. The zero-order chi connectivity index (χ0) is 16.1. The normalized spacial score (nSPS) is 20.2.